The number of nitrogens with zero attached hydrogens (tertiary/aromatic N) is 1. The minimum Gasteiger partial charge on any atom is -0.480 e. The van der Waals surface area contributed by atoms with Crippen LogP contribution in [0.2, 0.25) is 0 Å². The summed E-state index contributed by atoms with van der Waals surface area (Å²) in [5.74, 6) is -2.12. The number of primary amides is 1. The zero-order chi connectivity index (χ0) is 13.5. The van der Waals surface area contributed by atoms with Crippen molar-refractivity contribution in [3.8, 4) is 0 Å². The van der Waals surface area contributed by atoms with Gasteiger partial charge in [0.15, 0.2) is 0 Å². The molecule has 1 rings (SSSR count). The predicted molar refractivity (Wildman–Crippen MR) is 62.7 cm³/mol. The molecule has 0 saturated heterocycles. The number of thiazole rings is 1. The van der Waals surface area contributed by atoms with Crippen molar-refractivity contribution in [2.45, 2.75) is 19.0 Å². The summed E-state index contributed by atoms with van der Waals surface area (Å²) < 4.78 is 0. The van der Waals surface area contributed by atoms with Gasteiger partial charge in [0, 0.05) is 11.6 Å². The second-order valence-corrected chi connectivity index (χ2v) is 4.29. The van der Waals surface area contributed by atoms with Crippen molar-refractivity contribution in [1.29, 1.82) is 0 Å². The molecule has 98 valence electrons. The Bertz CT molecular complexity index is 434. The number of carboxylic acid groups (broad SMARTS) is 1. The van der Waals surface area contributed by atoms with E-state index in [1.807, 2.05) is 0 Å². The third-order valence-electron chi connectivity index (χ3n) is 1.89. The van der Waals surface area contributed by atoms with Gasteiger partial charge in [0.2, 0.25) is 5.91 Å². The van der Waals surface area contributed by atoms with E-state index in [1.54, 1.807) is 11.6 Å². The van der Waals surface area contributed by atoms with Gasteiger partial charge < -0.3 is 21.5 Å². The summed E-state index contributed by atoms with van der Waals surface area (Å²) >= 11 is 1.36. The number of carbonyl (C=O) groups is 3. The van der Waals surface area contributed by atoms with Crippen molar-refractivity contribution in [2.75, 3.05) is 0 Å². The molecule has 0 aliphatic carbocycles. The summed E-state index contributed by atoms with van der Waals surface area (Å²) in [6.07, 6.45) is 1.13. The SMILES string of the molecule is NC(=O)C[C@H](NC(=O)NCc1nccs1)C(=O)O. The minimum absolute atomic E-state index is 0.187. The molecule has 1 aromatic rings. The van der Waals surface area contributed by atoms with Gasteiger partial charge in [0.25, 0.3) is 0 Å². The topological polar surface area (TPSA) is 134 Å². The summed E-state index contributed by atoms with van der Waals surface area (Å²) in [6.45, 7) is 0.187. The molecule has 1 heterocycles. The van der Waals surface area contributed by atoms with Gasteiger partial charge in [-0.15, -0.1) is 11.3 Å². The zero-order valence-corrected chi connectivity index (χ0v) is 10.1. The molecule has 8 nitrogen and oxygen atoms in total. The monoisotopic (exact) mass is 272 g/mol. The molecule has 3 amide bonds. The van der Waals surface area contributed by atoms with Crippen LogP contribution in [0.4, 0.5) is 4.79 Å². The van der Waals surface area contributed by atoms with Crippen LogP contribution in [0.15, 0.2) is 11.6 Å². The molecule has 0 fully saturated rings. The Balaban J connectivity index is 2.41. The van der Waals surface area contributed by atoms with E-state index < -0.39 is 30.4 Å². The molecule has 5 N–H and O–H groups in total. The normalized spacial score (nSPS) is 11.6. The number of carbonyl (C=O) groups excluding carboxylic acids is 2. The lowest BCUT2D eigenvalue weighted by Crippen LogP contribution is -2.47. The van der Waals surface area contributed by atoms with E-state index in [4.69, 9.17) is 10.8 Å². The van der Waals surface area contributed by atoms with Gasteiger partial charge in [0.05, 0.1) is 13.0 Å². The summed E-state index contributed by atoms with van der Waals surface area (Å²) in [5, 5.41) is 15.8. The quantitative estimate of drug-likeness (QED) is 0.541. The number of hydrogen-bond donors (Lipinski definition) is 4. The maximum absolute atomic E-state index is 11.4. The highest BCUT2D eigenvalue weighted by Crippen LogP contribution is 2.02. The lowest BCUT2D eigenvalue weighted by molar-refractivity contribution is -0.140. The fourth-order valence-electron chi connectivity index (χ4n) is 1.11. The standard InChI is InChI=1S/C9H12N4O4S/c10-6(14)3-5(8(15)16)13-9(17)12-4-7-11-1-2-18-7/h1-2,5H,3-4H2,(H2,10,14)(H,15,16)(H2,12,13,17)/t5-/m0/s1. The highest BCUT2D eigenvalue weighted by molar-refractivity contribution is 7.09. The fraction of sp³-hybridized carbons (Fsp3) is 0.333. The number of nitrogens with one attached hydrogen (secondary N) is 2. The maximum atomic E-state index is 11.4. The van der Waals surface area contributed by atoms with Gasteiger partial charge in [-0.3, -0.25) is 4.79 Å². The molecule has 0 aliphatic heterocycles. The molecule has 0 saturated carbocycles. The van der Waals surface area contributed by atoms with Gasteiger partial charge in [-0.1, -0.05) is 0 Å². The van der Waals surface area contributed by atoms with Crippen LogP contribution in [0.3, 0.4) is 0 Å². The number of amides is 3. The van der Waals surface area contributed by atoms with Gasteiger partial charge in [0.1, 0.15) is 11.0 Å². The van der Waals surface area contributed by atoms with Crippen LogP contribution in [0.5, 0.6) is 0 Å². The first kappa shape index (κ1) is 13.9. The second kappa shape index (κ2) is 6.55. The van der Waals surface area contributed by atoms with Crippen molar-refractivity contribution in [1.82, 2.24) is 15.6 Å². The van der Waals surface area contributed by atoms with E-state index in [1.165, 1.54) is 11.3 Å². The van der Waals surface area contributed by atoms with Crippen molar-refractivity contribution in [3.05, 3.63) is 16.6 Å². The van der Waals surface area contributed by atoms with Crippen LogP contribution in [0, 0.1) is 0 Å². The lowest BCUT2D eigenvalue weighted by atomic mass is 10.2. The number of aromatic nitrogens is 1. The van der Waals surface area contributed by atoms with E-state index in [9.17, 15) is 14.4 Å². The zero-order valence-electron chi connectivity index (χ0n) is 9.25. The average molecular weight is 272 g/mol. The number of aliphatic carboxylic acids is 1. The summed E-state index contributed by atoms with van der Waals surface area (Å²) in [4.78, 5) is 36.7. The number of carboxylic acids is 1. The predicted octanol–water partition coefficient (Wildman–Crippen LogP) is -0.729. The fourth-order valence-corrected chi connectivity index (χ4v) is 1.66. The molecule has 0 radical (unpaired) electrons. The molecule has 0 spiro atoms. The van der Waals surface area contributed by atoms with Gasteiger partial charge in [-0.25, -0.2) is 14.6 Å². The van der Waals surface area contributed by atoms with Gasteiger partial charge >= 0.3 is 12.0 Å². The lowest BCUT2D eigenvalue weighted by Gasteiger charge is -2.13. The first-order valence-electron chi connectivity index (χ1n) is 4.93. The summed E-state index contributed by atoms with van der Waals surface area (Å²) in [7, 11) is 0. The average Bonchev–Trinajstić information content (AvgIpc) is 2.77. The van der Waals surface area contributed by atoms with E-state index in [0.717, 1.165) is 0 Å². The number of nitrogens with two attached hydrogens (primary N) is 1. The molecule has 9 heteroatoms. The molecule has 0 unspecified atom stereocenters. The number of urea groups is 1. The Morgan fingerprint density at radius 2 is 2.22 bits per heavy atom. The van der Waals surface area contributed by atoms with Crippen molar-refractivity contribution in [2.24, 2.45) is 5.73 Å². The van der Waals surface area contributed by atoms with E-state index >= 15 is 0 Å². The van der Waals surface area contributed by atoms with E-state index in [-0.39, 0.29) is 6.54 Å². The van der Waals surface area contributed by atoms with Crippen LogP contribution in [-0.4, -0.2) is 34.0 Å². The van der Waals surface area contributed by atoms with Crippen LogP contribution >= 0.6 is 11.3 Å². The van der Waals surface area contributed by atoms with Crippen LogP contribution in [0.25, 0.3) is 0 Å². The largest absolute Gasteiger partial charge is 0.480 e. The third-order valence-corrected chi connectivity index (χ3v) is 2.67. The number of rotatable bonds is 6. The molecule has 1 aromatic heterocycles. The molecule has 1 atom stereocenters. The first-order chi connectivity index (χ1) is 8.49. The Labute approximate surface area is 106 Å². The Kier molecular flexibility index (Phi) is 5.06. The summed E-state index contributed by atoms with van der Waals surface area (Å²) in [5.41, 5.74) is 4.88. The first-order valence-corrected chi connectivity index (χ1v) is 5.81. The number of hydrogen-bond acceptors (Lipinski definition) is 5. The molecule has 0 aromatic carbocycles. The van der Waals surface area contributed by atoms with Crippen LogP contribution < -0.4 is 16.4 Å². The van der Waals surface area contributed by atoms with Gasteiger partial charge in [-0.05, 0) is 0 Å². The Morgan fingerprint density at radius 1 is 1.50 bits per heavy atom. The molecular formula is C9H12N4O4S. The van der Waals surface area contributed by atoms with E-state index in [0.29, 0.717) is 5.01 Å². The molecule has 0 aliphatic rings. The van der Waals surface area contributed by atoms with Crippen LogP contribution in [-0.2, 0) is 16.1 Å². The van der Waals surface area contributed by atoms with Crippen molar-refractivity contribution >= 4 is 29.2 Å². The smallest absolute Gasteiger partial charge is 0.326 e. The van der Waals surface area contributed by atoms with Gasteiger partial charge in [-0.2, -0.15) is 0 Å². The highest BCUT2D eigenvalue weighted by Gasteiger charge is 2.21. The maximum Gasteiger partial charge on any atom is 0.326 e. The highest BCUT2D eigenvalue weighted by atomic mass is 32.1. The minimum atomic E-state index is -1.33. The van der Waals surface area contributed by atoms with Crippen molar-refractivity contribution in [3.63, 3.8) is 0 Å². The Morgan fingerprint density at radius 3 is 2.72 bits per heavy atom. The molecular weight excluding hydrogens is 260 g/mol. The molecule has 0 bridgehead atoms. The van der Waals surface area contributed by atoms with Crippen molar-refractivity contribution < 1.29 is 19.5 Å². The second-order valence-electron chi connectivity index (χ2n) is 3.31. The third kappa shape index (κ3) is 4.78. The molecule has 18 heavy (non-hydrogen) atoms. The van der Waals surface area contributed by atoms with E-state index in [2.05, 4.69) is 15.6 Å². The Hall–Kier alpha value is -2.16. The summed E-state index contributed by atoms with van der Waals surface area (Å²) in [6, 6.07) is -2.03. The van der Waals surface area contributed by atoms with Crippen LogP contribution in [0.1, 0.15) is 11.4 Å².